The molecule has 5 rings (SSSR count). The summed E-state index contributed by atoms with van der Waals surface area (Å²) in [5.41, 5.74) is 2.67. The van der Waals surface area contributed by atoms with Crippen LogP contribution in [0.1, 0.15) is 22.6 Å². The molecule has 0 N–H and O–H groups in total. The second kappa shape index (κ2) is 8.65. The summed E-state index contributed by atoms with van der Waals surface area (Å²) in [6, 6.07) is 16.4. The first-order valence-corrected chi connectivity index (χ1v) is 10.8. The second-order valence-electron chi connectivity index (χ2n) is 7.95. The van der Waals surface area contributed by atoms with Crippen molar-refractivity contribution in [3.05, 3.63) is 94.5 Å². The zero-order valence-corrected chi connectivity index (χ0v) is 18.2. The molecule has 0 unspecified atom stereocenters. The van der Waals surface area contributed by atoms with Crippen LogP contribution in [0.4, 0.5) is 13.2 Å². The van der Waals surface area contributed by atoms with Gasteiger partial charge in [0.15, 0.2) is 5.82 Å². The molecular formula is C25H19ClF3N3O. The van der Waals surface area contributed by atoms with Crippen molar-refractivity contribution < 1.29 is 17.6 Å². The number of furan rings is 1. The minimum atomic E-state index is -4.36. The van der Waals surface area contributed by atoms with Crippen LogP contribution in [0.3, 0.4) is 0 Å². The lowest BCUT2D eigenvalue weighted by atomic mass is 10.1. The number of halogens is 4. The van der Waals surface area contributed by atoms with Gasteiger partial charge in [-0.1, -0.05) is 35.9 Å². The molecule has 4 nitrogen and oxygen atoms in total. The van der Waals surface area contributed by atoms with E-state index in [0.29, 0.717) is 29.5 Å². The third-order valence-corrected chi connectivity index (χ3v) is 5.99. The van der Waals surface area contributed by atoms with Gasteiger partial charge in [-0.3, -0.25) is 4.90 Å². The van der Waals surface area contributed by atoms with Crippen LogP contribution in [0.25, 0.3) is 22.7 Å². The SMILES string of the molecule is FC(F)(F)c1ccc(-c2ncc3c(n2)CCN(Cc2ccc(-c4ccccc4Cl)o2)C3)cc1. The summed E-state index contributed by atoms with van der Waals surface area (Å²) in [4.78, 5) is 11.3. The Morgan fingerprint density at radius 3 is 2.55 bits per heavy atom. The van der Waals surface area contributed by atoms with Gasteiger partial charge in [-0.25, -0.2) is 9.97 Å². The van der Waals surface area contributed by atoms with E-state index in [0.717, 1.165) is 53.4 Å². The first-order chi connectivity index (χ1) is 15.9. The Hall–Kier alpha value is -3.16. The number of nitrogens with zero attached hydrogens (tertiary/aromatic N) is 3. The monoisotopic (exact) mass is 469 g/mol. The van der Waals surface area contributed by atoms with Gasteiger partial charge in [0.1, 0.15) is 11.5 Å². The lowest BCUT2D eigenvalue weighted by Gasteiger charge is -2.27. The van der Waals surface area contributed by atoms with Crippen molar-refractivity contribution in [3.8, 4) is 22.7 Å². The van der Waals surface area contributed by atoms with Gasteiger partial charge >= 0.3 is 6.18 Å². The molecule has 0 amide bonds. The predicted octanol–water partition coefficient (Wildman–Crippen LogP) is 6.63. The van der Waals surface area contributed by atoms with Crippen molar-refractivity contribution >= 4 is 11.6 Å². The third-order valence-electron chi connectivity index (χ3n) is 5.66. The van der Waals surface area contributed by atoms with Crippen molar-refractivity contribution in [2.24, 2.45) is 0 Å². The van der Waals surface area contributed by atoms with Gasteiger partial charge in [-0.2, -0.15) is 13.2 Å². The van der Waals surface area contributed by atoms with E-state index in [1.165, 1.54) is 12.1 Å². The molecule has 1 aliphatic rings. The summed E-state index contributed by atoms with van der Waals surface area (Å²) in [6.07, 6.45) is -1.87. The summed E-state index contributed by atoms with van der Waals surface area (Å²) in [5, 5.41) is 0.645. The minimum absolute atomic E-state index is 0.436. The second-order valence-corrected chi connectivity index (χ2v) is 8.35. The highest BCUT2D eigenvalue weighted by Gasteiger charge is 2.30. The Balaban J connectivity index is 1.28. The average Bonchev–Trinajstić information content (AvgIpc) is 3.26. The summed E-state index contributed by atoms with van der Waals surface area (Å²) in [7, 11) is 0. The predicted molar refractivity (Wildman–Crippen MR) is 119 cm³/mol. The van der Waals surface area contributed by atoms with E-state index >= 15 is 0 Å². The summed E-state index contributed by atoms with van der Waals surface area (Å²) in [5.74, 6) is 2.01. The van der Waals surface area contributed by atoms with Crippen LogP contribution in [-0.2, 0) is 25.7 Å². The molecule has 0 radical (unpaired) electrons. The fourth-order valence-corrected chi connectivity index (χ4v) is 4.17. The van der Waals surface area contributed by atoms with E-state index in [1.807, 2.05) is 36.4 Å². The first kappa shape index (κ1) is 21.7. The van der Waals surface area contributed by atoms with Crippen LogP contribution in [-0.4, -0.2) is 21.4 Å². The highest BCUT2D eigenvalue weighted by Crippen LogP contribution is 2.32. The molecule has 8 heteroatoms. The maximum absolute atomic E-state index is 12.8. The highest BCUT2D eigenvalue weighted by molar-refractivity contribution is 6.33. The largest absolute Gasteiger partial charge is 0.460 e. The van der Waals surface area contributed by atoms with Gasteiger partial charge in [0.25, 0.3) is 0 Å². The van der Waals surface area contributed by atoms with Crippen molar-refractivity contribution in [3.63, 3.8) is 0 Å². The number of fused-ring (bicyclic) bond motifs is 1. The van der Waals surface area contributed by atoms with Crippen molar-refractivity contribution in [1.82, 2.24) is 14.9 Å². The van der Waals surface area contributed by atoms with Crippen molar-refractivity contribution in [2.45, 2.75) is 25.7 Å². The van der Waals surface area contributed by atoms with Crippen LogP contribution >= 0.6 is 11.6 Å². The van der Waals surface area contributed by atoms with Crippen LogP contribution in [0, 0.1) is 0 Å². The summed E-state index contributed by atoms with van der Waals surface area (Å²) in [6.45, 7) is 2.11. The molecule has 0 fully saturated rings. The normalized spacial score (nSPS) is 14.3. The minimum Gasteiger partial charge on any atom is -0.460 e. The standard InChI is InChI=1S/C25H19ClF3N3O/c26-21-4-2-1-3-20(21)23-10-9-19(33-23)15-32-12-11-22-17(14-32)13-30-24(31-22)16-5-7-18(8-6-16)25(27,28)29/h1-10,13H,11-12,14-15H2. The Bertz CT molecular complexity index is 1280. The fourth-order valence-electron chi connectivity index (χ4n) is 3.95. The Labute approximate surface area is 193 Å². The van der Waals surface area contributed by atoms with Crippen LogP contribution in [0.5, 0.6) is 0 Å². The van der Waals surface area contributed by atoms with Crippen LogP contribution in [0.15, 0.2) is 71.3 Å². The molecule has 0 atom stereocenters. The Morgan fingerprint density at radius 1 is 1.00 bits per heavy atom. The zero-order chi connectivity index (χ0) is 23.0. The number of rotatable bonds is 4. The average molecular weight is 470 g/mol. The molecule has 33 heavy (non-hydrogen) atoms. The molecule has 2 aromatic heterocycles. The molecule has 1 aliphatic heterocycles. The van der Waals surface area contributed by atoms with Gasteiger partial charge < -0.3 is 4.42 Å². The Morgan fingerprint density at radius 2 is 1.79 bits per heavy atom. The van der Waals surface area contributed by atoms with Crippen molar-refractivity contribution in [2.75, 3.05) is 6.54 Å². The first-order valence-electron chi connectivity index (χ1n) is 10.5. The summed E-state index contributed by atoms with van der Waals surface area (Å²) < 4.78 is 44.4. The molecule has 0 bridgehead atoms. The van der Waals surface area contributed by atoms with E-state index in [1.54, 1.807) is 6.20 Å². The molecule has 0 saturated carbocycles. The number of hydrogen-bond donors (Lipinski definition) is 0. The van der Waals surface area contributed by atoms with Crippen LogP contribution < -0.4 is 0 Å². The maximum Gasteiger partial charge on any atom is 0.416 e. The molecule has 3 heterocycles. The summed E-state index contributed by atoms with van der Waals surface area (Å²) >= 11 is 6.27. The maximum atomic E-state index is 12.8. The quantitative estimate of drug-likeness (QED) is 0.336. The topological polar surface area (TPSA) is 42.2 Å². The van der Waals surface area contributed by atoms with Gasteiger partial charge in [0.2, 0.25) is 0 Å². The molecule has 2 aromatic carbocycles. The number of alkyl halides is 3. The van der Waals surface area contributed by atoms with Gasteiger partial charge in [0, 0.05) is 42.4 Å². The lowest BCUT2D eigenvalue weighted by Crippen LogP contribution is -2.30. The van der Waals surface area contributed by atoms with Crippen molar-refractivity contribution in [1.29, 1.82) is 0 Å². The lowest BCUT2D eigenvalue weighted by molar-refractivity contribution is -0.137. The number of hydrogen-bond acceptors (Lipinski definition) is 4. The van der Waals surface area contributed by atoms with E-state index in [2.05, 4.69) is 14.9 Å². The molecular weight excluding hydrogens is 451 g/mol. The Kier molecular flexibility index (Phi) is 5.68. The number of aromatic nitrogens is 2. The molecule has 4 aromatic rings. The number of benzene rings is 2. The smallest absolute Gasteiger partial charge is 0.416 e. The zero-order valence-electron chi connectivity index (χ0n) is 17.4. The molecule has 0 spiro atoms. The highest BCUT2D eigenvalue weighted by atomic mass is 35.5. The van der Waals surface area contributed by atoms with Crippen LogP contribution in [0.2, 0.25) is 5.02 Å². The third kappa shape index (κ3) is 4.65. The van der Waals surface area contributed by atoms with E-state index in [9.17, 15) is 13.2 Å². The van der Waals surface area contributed by atoms with E-state index in [-0.39, 0.29) is 0 Å². The van der Waals surface area contributed by atoms with Gasteiger partial charge in [0.05, 0.1) is 22.8 Å². The van der Waals surface area contributed by atoms with Gasteiger partial charge in [-0.15, -0.1) is 0 Å². The van der Waals surface area contributed by atoms with E-state index in [4.69, 9.17) is 16.0 Å². The van der Waals surface area contributed by atoms with Gasteiger partial charge in [-0.05, 0) is 36.4 Å². The molecule has 168 valence electrons. The fraction of sp³-hybridized carbons (Fsp3) is 0.200. The molecule has 0 aliphatic carbocycles. The van der Waals surface area contributed by atoms with E-state index < -0.39 is 11.7 Å². The molecule has 0 saturated heterocycles.